The first-order valence-electron chi connectivity index (χ1n) is 4.56. The number of aromatic nitrogens is 1. The Bertz CT molecular complexity index is 224. The molecule has 13 heavy (non-hydrogen) atoms. The first-order chi connectivity index (χ1) is 6.29. The highest BCUT2D eigenvalue weighted by Gasteiger charge is 1.94. The molecule has 72 valence electrons. The zero-order valence-corrected chi connectivity index (χ0v) is 7.90. The van der Waals surface area contributed by atoms with Gasteiger partial charge >= 0.3 is 0 Å². The molecule has 0 amide bonds. The summed E-state index contributed by atoms with van der Waals surface area (Å²) >= 11 is 0. The van der Waals surface area contributed by atoms with Crippen LogP contribution in [0.15, 0.2) is 24.5 Å². The average molecular weight is 180 g/mol. The second kappa shape index (κ2) is 5.67. The van der Waals surface area contributed by atoms with E-state index in [1.54, 1.807) is 19.3 Å². The minimum Gasteiger partial charge on any atom is -0.393 e. The molecule has 0 saturated carbocycles. The number of aliphatic hydroxyl groups is 1. The molecule has 3 nitrogen and oxygen atoms in total. The molecule has 1 aromatic rings. The minimum absolute atomic E-state index is 0.218. The molecule has 0 spiro atoms. The van der Waals surface area contributed by atoms with Gasteiger partial charge in [-0.2, -0.15) is 0 Å². The van der Waals surface area contributed by atoms with E-state index in [-0.39, 0.29) is 6.10 Å². The molecule has 1 rings (SSSR count). The molecule has 3 heteroatoms. The van der Waals surface area contributed by atoms with Crippen molar-refractivity contribution in [1.82, 2.24) is 10.3 Å². The van der Waals surface area contributed by atoms with Crippen molar-refractivity contribution in [1.29, 1.82) is 0 Å². The fourth-order valence-electron chi connectivity index (χ4n) is 1.04. The molecule has 0 aliphatic rings. The number of hydrogen-bond donors (Lipinski definition) is 2. The van der Waals surface area contributed by atoms with E-state index in [2.05, 4.69) is 10.3 Å². The van der Waals surface area contributed by atoms with Crippen LogP contribution in [0.3, 0.4) is 0 Å². The summed E-state index contributed by atoms with van der Waals surface area (Å²) < 4.78 is 0. The molecule has 0 fully saturated rings. The first kappa shape index (κ1) is 10.2. The Morgan fingerprint density at radius 3 is 2.77 bits per heavy atom. The maximum Gasteiger partial charge on any atom is 0.0524 e. The van der Waals surface area contributed by atoms with Gasteiger partial charge in [0.1, 0.15) is 0 Å². The summed E-state index contributed by atoms with van der Waals surface area (Å²) in [6, 6.07) is 3.96. The van der Waals surface area contributed by atoms with E-state index in [9.17, 15) is 0 Å². The van der Waals surface area contributed by atoms with E-state index < -0.39 is 0 Å². The van der Waals surface area contributed by atoms with Crippen LogP contribution in [0.1, 0.15) is 18.9 Å². The minimum atomic E-state index is -0.218. The maximum absolute atomic E-state index is 9.00. The summed E-state index contributed by atoms with van der Waals surface area (Å²) in [5.74, 6) is 0. The van der Waals surface area contributed by atoms with Crippen molar-refractivity contribution in [2.45, 2.75) is 26.0 Å². The monoisotopic (exact) mass is 180 g/mol. The lowest BCUT2D eigenvalue weighted by atomic mass is 10.2. The molecule has 1 aromatic heterocycles. The Labute approximate surface area is 78.8 Å². The van der Waals surface area contributed by atoms with Crippen LogP contribution in [0.4, 0.5) is 0 Å². The van der Waals surface area contributed by atoms with Crippen LogP contribution in [-0.4, -0.2) is 22.7 Å². The van der Waals surface area contributed by atoms with Crippen LogP contribution in [-0.2, 0) is 6.54 Å². The molecule has 0 aliphatic carbocycles. The van der Waals surface area contributed by atoms with Gasteiger partial charge in [0.05, 0.1) is 6.10 Å². The van der Waals surface area contributed by atoms with E-state index in [1.807, 2.05) is 12.1 Å². The molecular weight excluding hydrogens is 164 g/mol. The molecule has 0 bridgehead atoms. The van der Waals surface area contributed by atoms with E-state index in [1.165, 1.54) is 5.56 Å². The highest BCUT2D eigenvalue weighted by atomic mass is 16.3. The predicted octanol–water partition coefficient (Wildman–Crippen LogP) is 0.942. The number of aliphatic hydroxyl groups excluding tert-OH is 1. The van der Waals surface area contributed by atoms with Gasteiger partial charge in [-0.1, -0.05) is 0 Å². The zero-order valence-electron chi connectivity index (χ0n) is 7.90. The Kier molecular flexibility index (Phi) is 4.43. The second-order valence-corrected chi connectivity index (χ2v) is 3.17. The van der Waals surface area contributed by atoms with Gasteiger partial charge in [0.2, 0.25) is 0 Å². The standard InChI is InChI=1S/C10H16N2O/c1-9(13)2-5-12-8-10-3-6-11-7-4-10/h3-4,6-7,9,12-13H,2,5,8H2,1H3/t9-/m0/s1. The largest absolute Gasteiger partial charge is 0.393 e. The molecule has 1 atom stereocenters. The van der Waals surface area contributed by atoms with Crippen molar-refractivity contribution in [3.8, 4) is 0 Å². The van der Waals surface area contributed by atoms with Crippen LogP contribution in [0.5, 0.6) is 0 Å². The van der Waals surface area contributed by atoms with Crippen molar-refractivity contribution < 1.29 is 5.11 Å². The lowest BCUT2D eigenvalue weighted by molar-refractivity contribution is 0.183. The van der Waals surface area contributed by atoms with Crippen LogP contribution < -0.4 is 5.32 Å². The van der Waals surface area contributed by atoms with Gasteiger partial charge in [-0.3, -0.25) is 4.98 Å². The number of pyridine rings is 1. The summed E-state index contributed by atoms with van der Waals surface area (Å²) in [5, 5.41) is 12.2. The van der Waals surface area contributed by atoms with Gasteiger partial charge in [0.15, 0.2) is 0 Å². The van der Waals surface area contributed by atoms with Crippen LogP contribution in [0, 0.1) is 0 Å². The molecule has 2 N–H and O–H groups in total. The normalized spacial score (nSPS) is 12.8. The highest BCUT2D eigenvalue weighted by molar-refractivity contribution is 5.08. The van der Waals surface area contributed by atoms with Crippen molar-refractivity contribution in [3.63, 3.8) is 0 Å². The summed E-state index contributed by atoms with van der Waals surface area (Å²) in [6.07, 6.45) is 4.15. The van der Waals surface area contributed by atoms with E-state index in [0.29, 0.717) is 0 Å². The van der Waals surface area contributed by atoms with Crippen LogP contribution in [0.25, 0.3) is 0 Å². The predicted molar refractivity (Wildman–Crippen MR) is 52.2 cm³/mol. The average Bonchev–Trinajstić information content (AvgIpc) is 2.14. The van der Waals surface area contributed by atoms with Gasteiger partial charge < -0.3 is 10.4 Å². The van der Waals surface area contributed by atoms with Crippen molar-refractivity contribution in [2.75, 3.05) is 6.54 Å². The lowest BCUT2D eigenvalue weighted by Gasteiger charge is -2.05. The molecule has 0 aromatic carbocycles. The van der Waals surface area contributed by atoms with Crippen molar-refractivity contribution >= 4 is 0 Å². The van der Waals surface area contributed by atoms with Crippen molar-refractivity contribution in [2.24, 2.45) is 0 Å². The van der Waals surface area contributed by atoms with Gasteiger partial charge in [-0.25, -0.2) is 0 Å². The molecular formula is C10H16N2O. The van der Waals surface area contributed by atoms with E-state index in [0.717, 1.165) is 19.5 Å². The fraction of sp³-hybridized carbons (Fsp3) is 0.500. The zero-order chi connectivity index (χ0) is 9.52. The van der Waals surface area contributed by atoms with E-state index in [4.69, 9.17) is 5.11 Å². The Morgan fingerprint density at radius 2 is 2.15 bits per heavy atom. The SMILES string of the molecule is C[C@H](O)CCNCc1ccncc1. The third kappa shape index (κ3) is 4.60. The Hall–Kier alpha value is -0.930. The van der Waals surface area contributed by atoms with Gasteiger partial charge in [-0.05, 0) is 37.6 Å². The molecule has 0 radical (unpaired) electrons. The van der Waals surface area contributed by atoms with Crippen LogP contribution in [0.2, 0.25) is 0 Å². The van der Waals surface area contributed by atoms with E-state index >= 15 is 0 Å². The van der Waals surface area contributed by atoms with Crippen molar-refractivity contribution in [3.05, 3.63) is 30.1 Å². The summed E-state index contributed by atoms with van der Waals surface area (Å²) in [6.45, 7) is 3.49. The fourth-order valence-corrected chi connectivity index (χ4v) is 1.04. The van der Waals surface area contributed by atoms with Gasteiger partial charge in [0.25, 0.3) is 0 Å². The third-order valence-corrected chi connectivity index (χ3v) is 1.82. The second-order valence-electron chi connectivity index (χ2n) is 3.17. The lowest BCUT2D eigenvalue weighted by Crippen LogP contribution is -2.18. The molecule has 0 saturated heterocycles. The maximum atomic E-state index is 9.00. The topological polar surface area (TPSA) is 45.1 Å². The van der Waals surface area contributed by atoms with Gasteiger partial charge in [-0.15, -0.1) is 0 Å². The molecule has 0 aliphatic heterocycles. The third-order valence-electron chi connectivity index (χ3n) is 1.82. The molecule has 1 heterocycles. The van der Waals surface area contributed by atoms with Gasteiger partial charge in [0, 0.05) is 18.9 Å². The molecule has 0 unspecified atom stereocenters. The van der Waals surface area contributed by atoms with Crippen LogP contribution >= 0.6 is 0 Å². The quantitative estimate of drug-likeness (QED) is 0.663. The Balaban J connectivity index is 2.13. The summed E-state index contributed by atoms with van der Waals surface area (Å²) in [7, 11) is 0. The number of nitrogens with zero attached hydrogens (tertiary/aromatic N) is 1. The number of rotatable bonds is 5. The number of nitrogens with one attached hydrogen (secondary N) is 1. The number of hydrogen-bond acceptors (Lipinski definition) is 3. The smallest absolute Gasteiger partial charge is 0.0524 e. The summed E-state index contributed by atoms with van der Waals surface area (Å²) in [4.78, 5) is 3.93. The first-order valence-corrected chi connectivity index (χ1v) is 4.56. The summed E-state index contributed by atoms with van der Waals surface area (Å²) in [5.41, 5.74) is 1.22. The Morgan fingerprint density at radius 1 is 1.46 bits per heavy atom. The highest BCUT2D eigenvalue weighted by Crippen LogP contribution is 1.95.